The van der Waals surface area contributed by atoms with Crippen molar-refractivity contribution in [2.45, 2.75) is 18.9 Å². The number of hydrogen-bond donors (Lipinski definition) is 2. The molecule has 1 unspecified atom stereocenters. The van der Waals surface area contributed by atoms with Crippen molar-refractivity contribution in [3.05, 3.63) is 23.8 Å². The molecule has 0 aliphatic carbocycles. The highest BCUT2D eigenvalue weighted by Gasteiger charge is 2.18. The zero-order valence-electron chi connectivity index (χ0n) is 8.80. The van der Waals surface area contributed by atoms with Crippen molar-refractivity contribution < 1.29 is 13.5 Å². The summed E-state index contributed by atoms with van der Waals surface area (Å²) in [4.78, 5) is 0. The van der Waals surface area contributed by atoms with Crippen molar-refractivity contribution in [2.24, 2.45) is 0 Å². The van der Waals surface area contributed by atoms with E-state index in [1.807, 2.05) is 0 Å². The van der Waals surface area contributed by atoms with Crippen molar-refractivity contribution in [1.29, 1.82) is 0 Å². The molecule has 0 spiro atoms. The van der Waals surface area contributed by atoms with Crippen LogP contribution in [0.1, 0.15) is 12.8 Å². The van der Waals surface area contributed by atoms with Crippen molar-refractivity contribution in [3.8, 4) is 5.75 Å². The first-order valence-corrected chi connectivity index (χ1v) is 5.28. The Labute approximate surface area is 92.6 Å². The van der Waals surface area contributed by atoms with Crippen LogP contribution in [0, 0.1) is 11.6 Å². The number of rotatable bonds is 3. The molecule has 3 N–H and O–H groups in total. The number of benzene rings is 1. The summed E-state index contributed by atoms with van der Waals surface area (Å²) in [6.45, 7) is 1.25. The fraction of sp³-hybridized carbons (Fsp3) is 0.455. The zero-order chi connectivity index (χ0) is 11.5. The molecule has 1 heterocycles. The van der Waals surface area contributed by atoms with Crippen LogP contribution in [0.15, 0.2) is 12.1 Å². The van der Waals surface area contributed by atoms with Gasteiger partial charge in [-0.1, -0.05) is 0 Å². The van der Waals surface area contributed by atoms with Crippen LogP contribution in [0.5, 0.6) is 5.75 Å². The molecule has 0 amide bonds. The average Bonchev–Trinajstić information content (AvgIpc) is 2.77. The van der Waals surface area contributed by atoms with Gasteiger partial charge in [-0.25, -0.2) is 4.39 Å². The Morgan fingerprint density at radius 1 is 1.44 bits per heavy atom. The molecule has 0 saturated carbocycles. The number of ether oxygens (including phenoxy) is 1. The molecule has 1 saturated heterocycles. The topological polar surface area (TPSA) is 47.3 Å². The van der Waals surface area contributed by atoms with Gasteiger partial charge in [0.15, 0.2) is 11.6 Å². The lowest BCUT2D eigenvalue weighted by atomic mass is 10.2. The monoisotopic (exact) mass is 228 g/mol. The number of nitrogens with two attached hydrogens (primary N) is 1. The summed E-state index contributed by atoms with van der Waals surface area (Å²) < 4.78 is 31.5. The van der Waals surface area contributed by atoms with Gasteiger partial charge in [-0.15, -0.1) is 0 Å². The average molecular weight is 228 g/mol. The first-order valence-electron chi connectivity index (χ1n) is 5.28. The van der Waals surface area contributed by atoms with Crippen molar-refractivity contribution in [1.82, 2.24) is 5.32 Å². The molecular weight excluding hydrogens is 214 g/mol. The molecule has 1 aromatic rings. The van der Waals surface area contributed by atoms with Gasteiger partial charge < -0.3 is 15.8 Å². The molecule has 2 rings (SSSR count). The molecule has 1 aliphatic heterocycles. The fourth-order valence-electron chi connectivity index (χ4n) is 1.78. The summed E-state index contributed by atoms with van der Waals surface area (Å²) in [6.07, 6.45) is 2.06. The minimum absolute atomic E-state index is 0.122. The maximum Gasteiger partial charge on any atom is 0.202 e. The molecule has 1 atom stereocenters. The van der Waals surface area contributed by atoms with E-state index in [-0.39, 0.29) is 17.5 Å². The molecule has 0 bridgehead atoms. The van der Waals surface area contributed by atoms with E-state index in [4.69, 9.17) is 10.5 Å². The van der Waals surface area contributed by atoms with Crippen LogP contribution in [0.3, 0.4) is 0 Å². The largest absolute Gasteiger partial charge is 0.487 e. The van der Waals surface area contributed by atoms with Gasteiger partial charge in [0.05, 0.1) is 5.69 Å². The third-order valence-corrected chi connectivity index (χ3v) is 2.67. The molecular formula is C11H14F2N2O. The first-order chi connectivity index (χ1) is 7.68. The van der Waals surface area contributed by atoms with Gasteiger partial charge in [0.2, 0.25) is 5.82 Å². The van der Waals surface area contributed by atoms with E-state index in [0.29, 0.717) is 6.61 Å². The first kappa shape index (κ1) is 11.1. The SMILES string of the molecule is Nc1ccc(F)c(F)c1OCC1CCCN1. The summed E-state index contributed by atoms with van der Waals surface area (Å²) >= 11 is 0. The molecule has 88 valence electrons. The van der Waals surface area contributed by atoms with E-state index < -0.39 is 11.6 Å². The quantitative estimate of drug-likeness (QED) is 0.774. The van der Waals surface area contributed by atoms with Crippen molar-refractivity contribution in [2.75, 3.05) is 18.9 Å². The van der Waals surface area contributed by atoms with E-state index in [2.05, 4.69) is 5.32 Å². The second kappa shape index (κ2) is 4.65. The Kier molecular flexibility index (Phi) is 3.24. The van der Waals surface area contributed by atoms with E-state index in [1.165, 1.54) is 6.07 Å². The molecule has 16 heavy (non-hydrogen) atoms. The maximum absolute atomic E-state index is 13.3. The van der Waals surface area contributed by atoms with Crippen LogP contribution in [-0.4, -0.2) is 19.2 Å². The number of halogens is 2. The summed E-state index contributed by atoms with van der Waals surface area (Å²) in [6, 6.07) is 2.49. The van der Waals surface area contributed by atoms with E-state index in [9.17, 15) is 8.78 Å². The Hall–Kier alpha value is -1.36. The van der Waals surface area contributed by atoms with Gasteiger partial charge in [-0.05, 0) is 31.5 Å². The summed E-state index contributed by atoms with van der Waals surface area (Å²) in [5, 5.41) is 3.20. The van der Waals surface area contributed by atoms with E-state index in [0.717, 1.165) is 25.5 Å². The van der Waals surface area contributed by atoms with Gasteiger partial charge in [-0.2, -0.15) is 4.39 Å². The summed E-state index contributed by atoms with van der Waals surface area (Å²) in [5.41, 5.74) is 5.65. The Morgan fingerprint density at radius 2 is 2.25 bits per heavy atom. The van der Waals surface area contributed by atoms with Crippen LogP contribution in [0.2, 0.25) is 0 Å². The number of nitrogens with one attached hydrogen (secondary N) is 1. The van der Waals surface area contributed by atoms with Crippen LogP contribution in [0.25, 0.3) is 0 Å². The Bertz CT molecular complexity index is 378. The van der Waals surface area contributed by atoms with E-state index in [1.54, 1.807) is 0 Å². The number of hydrogen-bond acceptors (Lipinski definition) is 3. The standard InChI is InChI=1S/C11H14F2N2O/c12-8-3-4-9(14)11(10(8)13)16-6-7-2-1-5-15-7/h3-4,7,15H,1-2,5-6,14H2. The van der Waals surface area contributed by atoms with Gasteiger partial charge in [0.1, 0.15) is 6.61 Å². The highest BCUT2D eigenvalue weighted by molar-refractivity contribution is 5.53. The lowest BCUT2D eigenvalue weighted by molar-refractivity contribution is 0.263. The number of anilines is 1. The lowest BCUT2D eigenvalue weighted by Crippen LogP contribution is -2.28. The van der Waals surface area contributed by atoms with Crippen LogP contribution < -0.4 is 15.8 Å². The van der Waals surface area contributed by atoms with Gasteiger partial charge in [-0.3, -0.25) is 0 Å². The minimum Gasteiger partial charge on any atom is -0.487 e. The van der Waals surface area contributed by atoms with E-state index >= 15 is 0 Å². The summed E-state index contributed by atoms with van der Waals surface area (Å²) in [7, 11) is 0. The predicted octanol–water partition coefficient (Wildman–Crippen LogP) is 1.68. The molecule has 1 aromatic carbocycles. The maximum atomic E-state index is 13.3. The van der Waals surface area contributed by atoms with Crippen LogP contribution in [0.4, 0.5) is 14.5 Å². The fourth-order valence-corrected chi connectivity index (χ4v) is 1.78. The second-order valence-electron chi connectivity index (χ2n) is 3.88. The predicted molar refractivity (Wildman–Crippen MR) is 57.3 cm³/mol. The molecule has 5 heteroatoms. The molecule has 0 radical (unpaired) electrons. The van der Waals surface area contributed by atoms with Crippen molar-refractivity contribution >= 4 is 5.69 Å². The highest BCUT2D eigenvalue weighted by Crippen LogP contribution is 2.27. The Balaban J connectivity index is 2.05. The molecule has 1 fully saturated rings. The van der Waals surface area contributed by atoms with Gasteiger partial charge in [0, 0.05) is 6.04 Å². The minimum atomic E-state index is -1.02. The normalized spacial score (nSPS) is 20.0. The van der Waals surface area contributed by atoms with Crippen LogP contribution >= 0.6 is 0 Å². The van der Waals surface area contributed by atoms with Crippen LogP contribution in [-0.2, 0) is 0 Å². The molecule has 1 aliphatic rings. The lowest BCUT2D eigenvalue weighted by Gasteiger charge is -2.14. The number of nitrogen functional groups attached to an aromatic ring is 1. The second-order valence-corrected chi connectivity index (χ2v) is 3.88. The zero-order valence-corrected chi connectivity index (χ0v) is 8.80. The van der Waals surface area contributed by atoms with Crippen molar-refractivity contribution in [3.63, 3.8) is 0 Å². The summed E-state index contributed by atoms with van der Waals surface area (Å²) in [5.74, 6) is -2.14. The highest BCUT2D eigenvalue weighted by atomic mass is 19.2. The third-order valence-electron chi connectivity index (χ3n) is 2.67. The van der Waals surface area contributed by atoms with Gasteiger partial charge >= 0.3 is 0 Å². The molecule has 0 aromatic heterocycles. The Morgan fingerprint density at radius 3 is 2.94 bits per heavy atom. The third kappa shape index (κ3) is 2.24. The molecule has 3 nitrogen and oxygen atoms in total. The van der Waals surface area contributed by atoms with Gasteiger partial charge in [0.25, 0.3) is 0 Å². The smallest absolute Gasteiger partial charge is 0.202 e.